The molecule has 0 aliphatic rings. The maximum absolute atomic E-state index is 12.7. The molecular weight excluding hydrogens is 253 g/mol. The van der Waals surface area contributed by atoms with Crippen LogP contribution in [0.5, 0.6) is 5.75 Å². The average Bonchev–Trinajstić information content (AvgIpc) is 2.16. The third kappa shape index (κ3) is 3.25. The number of nitrogens with two attached hydrogens (primary N) is 1. The Morgan fingerprint density at radius 2 is 2.29 bits per heavy atom. The maximum atomic E-state index is 12.7. The highest BCUT2D eigenvalue weighted by Gasteiger charge is 2.05. The Balaban J connectivity index is 2.59. The van der Waals surface area contributed by atoms with Gasteiger partial charge in [0.15, 0.2) is 0 Å². The zero-order valence-corrected chi connectivity index (χ0v) is 9.00. The minimum atomic E-state index is -0.702. The van der Waals surface area contributed by atoms with Gasteiger partial charge in [-0.2, -0.15) is 0 Å². The molecule has 0 saturated carbocycles. The van der Waals surface area contributed by atoms with Crippen LogP contribution in [0, 0.1) is 5.82 Å². The van der Waals surface area contributed by atoms with Gasteiger partial charge in [0.05, 0.1) is 4.47 Å². The van der Waals surface area contributed by atoms with E-state index in [4.69, 9.17) is 15.6 Å². The van der Waals surface area contributed by atoms with E-state index in [2.05, 4.69) is 15.9 Å². The van der Waals surface area contributed by atoms with Gasteiger partial charge < -0.3 is 15.6 Å². The largest absolute Gasteiger partial charge is 0.490 e. The Morgan fingerprint density at radius 3 is 2.86 bits per heavy atom. The molecule has 3 N–H and O–H groups in total. The van der Waals surface area contributed by atoms with E-state index in [-0.39, 0.29) is 19.0 Å². The summed E-state index contributed by atoms with van der Waals surface area (Å²) in [5.41, 5.74) is 5.20. The van der Waals surface area contributed by atoms with E-state index >= 15 is 0 Å². The minimum absolute atomic E-state index is 0.0979. The Kier molecular flexibility index (Phi) is 4.31. The van der Waals surface area contributed by atoms with Gasteiger partial charge in [-0.15, -0.1) is 0 Å². The number of halogens is 2. The van der Waals surface area contributed by atoms with Crippen molar-refractivity contribution in [2.24, 2.45) is 5.73 Å². The summed E-state index contributed by atoms with van der Waals surface area (Å²) in [6.07, 6.45) is -0.702. The molecule has 1 atom stereocenters. The van der Waals surface area contributed by atoms with Crippen molar-refractivity contribution >= 4 is 15.9 Å². The molecule has 0 saturated heterocycles. The quantitative estimate of drug-likeness (QED) is 0.861. The molecule has 3 nitrogen and oxygen atoms in total. The molecule has 0 amide bonds. The topological polar surface area (TPSA) is 55.5 Å². The second-order valence-corrected chi connectivity index (χ2v) is 3.63. The summed E-state index contributed by atoms with van der Waals surface area (Å²) in [5.74, 6) is 0.141. The van der Waals surface area contributed by atoms with Crippen molar-refractivity contribution < 1.29 is 14.2 Å². The van der Waals surface area contributed by atoms with E-state index in [1.165, 1.54) is 18.2 Å². The van der Waals surface area contributed by atoms with Crippen LogP contribution in [0.15, 0.2) is 22.7 Å². The molecule has 0 radical (unpaired) electrons. The Bertz CT molecular complexity index is 309. The molecule has 1 rings (SSSR count). The van der Waals surface area contributed by atoms with Crippen LogP contribution in [-0.4, -0.2) is 24.4 Å². The van der Waals surface area contributed by atoms with Gasteiger partial charge in [0.2, 0.25) is 0 Å². The van der Waals surface area contributed by atoms with Gasteiger partial charge in [0.1, 0.15) is 24.3 Å². The summed E-state index contributed by atoms with van der Waals surface area (Å²) >= 11 is 3.14. The van der Waals surface area contributed by atoms with Crippen molar-refractivity contribution in [3.63, 3.8) is 0 Å². The van der Waals surface area contributed by atoms with Crippen molar-refractivity contribution in [1.29, 1.82) is 0 Å². The standard InChI is InChI=1S/C9H11BrFNO2/c10-8-3-6(11)1-2-9(8)14-5-7(13)4-12/h1-3,7,13H,4-5,12H2. The second kappa shape index (κ2) is 5.29. The van der Waals surface area contributed by atoms with Crippen molar-refractivity contribution in [3.05, 3.63) is 28.5 Å². The summed E-state index contributed by atoms with van der Waals surface area (Å²) in [5, 5.41) is 9.13. The van der Waals surface area contributed by atoms with E-state index in [9.17, 15) is 4.39 Å². The molecule has 0 aliphatic carbocycles. The molecule has 5 heteroatoms. The highest BCUT2D eigenvalue weighted by atomic mass is 79.9. The first-order chi connectivity index (χ1) is 6.63. The van der Waals surface area contributed by atoms with Crippen molar-refractivity contribution in [3.8, 4) is 5.75 Å². The minimum Gasteiger partial charge on any atom is -0.490 e. The smallest absolute Gasteiger partial charge is 0.133 e. The van der Waals surface area contributed by atoms with Crippen LogP contribution >= 0.6 is 15.9 Å². The Labute approximate surface area is 89.8 Å². The predicted molar refractivity (Wildman–Crippen MR) is 54.7 cm³/mol. The van der Waals surface area contributed by atoms with Crippen LogP contribution in [0.25, 0.3) is 0 Å². The number of ether oxygens (including phenoxy) is 1. The highest BCUT2D eigenvalue weighted by Crippen LogP contribution is 2.25. The van der Waals surface area contributed by atoms with Crippen LogP contribution in [0.2, 0.25) is 0 Å². The predicted octanol–water partition coefficient (Wildman–Crippen LogP) is 1.29. The van der Waals surface area contributed by atoms with Crippen LogP contribution in [-0.2, 0) is 0 Å². The molecule has 0 aromatic heterocycles. The summed E-state index contributed by atoms with van der Waals surface area (Å²) in [6.45, 7) is 0.236. The molecule has 1 aromatic rings. The summed E-state index contributed by atoms with van der Waals surface area (Å²) < 4.78 is 18.4. The zero-order valence-electron chi connectivity index (χ0n) is 7.41. The van der Waals surface area contributed by atoms with Gasteiger partial charge in [-0.1, -0.05) is 0 Å². The first kappa shape index (κ1) is 11.4. The molecule has 0 bridgehead atoms. The normalized spacial score (nSPS) is 12.6. The van der Waals surface area contributed by atoms with E-state index in [1.807, 2.05) is 0 Å². The van der Waals surface area contributed by atoms with Gasteiger partial charge in [-0.3, -0.25) is 0 Å². The first-order valence-corrected chi connectivity index (χ1v) is 4.88. The number of hydrogen-bond donors (Lipinski definition) is 2. The number of aliphatic hydroxyl groups is 1. The highest BCUT2D eigenvalue weighted by molar-refractivity contribution is 9.10. The molecule has 14 heavy (non-hydrogen) atoms. The van der Waals surface area contributed by atoms with Crippen molar-refractivity contribution in [2.75, 3.05) is 13.2 Å². The third-order valence-electron chi connectivity index (χ3n) is 1.60. The summed E-state index contributed by atoms with van der Waals surface area (Å²) in [4.78, 5) is 0. The van der Waals surface area contributed by atoms with E-state index in [0.717, 1.165) is 0 Å². The van der Waals surface area contributed by atoms with Crippen molar-refractivity contribution in [1.82, 2.24) is 0 Å². The van der Waals surface area contributed by atoms with E-state index < -0.39 is 6.10 Å². The second-order valence-electron chi connectivity index (χ2n) is 2.78. The van der Waals surface area contributed by atoms with Crippen LogP contribution < -0.4 is 10.5 Å². The fourth-order valence-corrected chi connectivity index (χ4v) is 1.31. The number of aliphatic hydroxyl groups excluding tert-OH is 1. The Hall–Kier alpha value is -0.650. The molecule has 1 unspecified atom stereocenters. The van der Waals surface area contributed by atoms with E-state index in [0.29, 0.717) is 10.2 Å². The molecule has 0 heterocycles. The summed E-state index contributed by atoms with van der Waals surface area (Å²) in [7, 11) is 0. The molecule has 78 valence electrons. The average molecular weight is 264 g/mol. The fraction of sp³-hybridized carbons (Fsp3) is 0.333. The van der Waals surface area contributed by atoms with Crippen LogP contribution in [0.3, 0.4) is 0 Å². The van der Waals surface area contributed by atoms with Crippen LogP contribution in [0.1, 0.15) is 0 Å². The molecule has 0 fully saturated rings. The first-order valence-electron chi connectivity index (χ1n) is 4.09. The lowest BCUT2D eigenvalue weighted by Gasteiger charge is -2.11. The van der Waals surface area contributed by atoms with E-state index in [1.54, 1.807) is 0 Å². The third-order valence-corrected chi connectivity index (χ3v) is 2.22. The van der Waals surface area contributed by atoms with Crippen LogP contribution in [0.4, 0.5) is 4.39 Å². The van der Waals surface area contributed by atoms with Crippen molar-refractivity contribution in [2.45, 2.75) is 6.10 Å². The van der Waals surface area contributed by atoms with Gasteiger partial charge in [-0.25, -0.2) is 4.39 Å². The van der Waals surface area contributed by atoms with Gasteiger partial charge in [0, 0.05) is 6.54 Å². The summed E-state index contributed by atoms with van der Waals surface area (Å²) in [6, 6.07) is 4.07. The lowest BCUT2D eigenvalue weighted by Crippen LogP contribution is -2.26. The number of hydrogen-bond acceptors (Lipinski definition) is 3. The molecular formula is C9H11BrFNO2. The number of benzene rings is 1. The molecule has 0 aliphatic heterocycles. The van der Waals surface area contributed by atoms with Gasteiger partial charge >= 0.3 is 0 Å². The van der Waals surface area contributed by atoms with Gasteiger partial charge in [0.25, 0.3) is 0 Å². The lowest BCUT2D eigenvalue weighted by atomic mass is 10.3. The monoisotopic (exact) mass is 263 g/mol. The zero-order chi connectivity index (χ0) is 10.6. The van der Waals surface area contributed by atoms with Gasteiger partial charge in [-0.05, 0) is 34.1 Å². The molecule has 1 aromatic carbocycles. The maximum Gasteiger partial charge on any atom is 0.133 e. The molecule has 0 spiro atoms. The lowest BCUT2D eigenvalue weighted by molar-refractivity contribution is 0.113. The SMILES string of the molecule is NCC(O)COc1ccc(F)cc1Br. The number of rotatable bonds is 4. The fourth-order valence-electron chi connectivity index (χ4n) is 0.846. The Morgan fingerprint density at radius 1 is 1.57 bits per heavy atom.